The van der Waals surface area contributed by atoms with Crippen LogP contribution >= 0.6 is 0 Å². The first-order chi connectivity index (χ1) is 15.6. The van der Waals surface area contributed by atoms with Gasteiger partial charge in [0, 0.05) is 22.5 Å². The van der Waals surface area contributed by atoms with Gasteiger partial charge in [0.1, 0.15) is 0 Å². The predicted molar refractivity (Wildman–Crippen MR) is 131 cm³/mol. The molecule has 170 valence electrons. The zero-order chi connectivity index (χ0) is 22.6. The number of rotatable bonds is 4. The van der Waals surface area contributed by atoms with Crippen LogP contribution in [0.4, 0.5) is 5.69 Å². The van der Waals surface area contributed by atoms with Crippen LogP contribution in [-0.4, -0.2) is 17.5 Å². The molecule has 0 bridgehead atoms. The van der Waals surface area contributed by atoms with Crippen molar-refractivity contribution in [2.75, 3.05) is 5.32 Å². The minimum atomic E-state index is -0.222. The van der Waals surface area contributed by atoms with Gasteiger partial charge < -0.3 is 5.32 Å². The lowest BCUT2D eigenvalue weighted by atomic mass is 10.00. The summed E-state index contributed by atoms with van der Waals surface area (Å²) in [5.74, 6) is -0.380. The standard InChI is InChI=1S/C27H35N3O2/c1-21-13-11-12-16-25(21)27(32)28-23-19-17-22(18-20-23)26(31)30-29-24-14-9-7-5-3-2-4-6-8-10-15-24/h11-13,16-20H,2-10,14-15H2,1H3,(H,28,32)(H,30,31). The average Bonchev–Trinajstić information content (AvgIpc) is 2.79. The van der Waals surface area contributed by atoms with E-state index >= 15 is 0 Å². The Balaban J connectivity index is 1.55. The molecule has 0 aliphatic heterocycles. The fraction of sp³-hybridized carbons (Fsp3) is 0.444. The Morgan fingerprint density at radius 3 is 1.88 bits per heavy atom. The molecule has 0 spiro atoms. The Hall–Kier alpha value is -2.95. The third-order valence-electron chi connectivity index (χ3n) is 6.04. The van der Waals surface area contributed by atoms with Gasteiger partial charge in [-0.15, -0.1) is 0 Å². The van der Waals surface area contributed by atoms with Crippen LogP contribution in [0.5, 0.6) is 0 Å². The van der Waals surface area contributed by atoms with Crippen molar-refractivity contribution in [3.63, 3.8) is 0 Å². The SMILES string of the molecule is Cc1ccccc1C(=O)Nc1ccc(C(=O)NN=C2CCCCCCCCCCC2)cc1. The monoisotopic (exact) mass is 433 g/mol. The van der Waals surface area contributed by atoms with Gasteiger partial charge in [0.2, 0.25) is 0 Å². The summed E-state index contributed by atoms with van der Waals surface area (Å²) >= 11 is 0. The van der Waals surface area contributed by atoms with Crippen LogP contribution in [0, 0.1) is 6.92 Å². The lowest BCUT2D eigenvalue weighted by Crippen LogP contribution is -2.20. The molecule has 5 heteroatoms. The summed E-state index contributed by atoms with van der Waals surface area (Å²) in [5, 5.41) is 7.34. The second-order valence-corrected chi connectivity index (χ2v) is 8.65. The summed E-state index contributed by atoms with van der Waals surface area (Å²) in [6.45, 7) is 1.91. The van der Waals surface area contributed by atoms with Crippen LogP contribution in [0.3, 0.4) is 0 Å². The first-order valence-corrected chi connectivity index (χ1v) is 12.0. The van der Waals surface area contributed by atoms with E-state index in [1.807, 2.05) is 25.1 Å². The van der Waals surface area contributed by atoms with Gasteiger partial charge in [0.15, 0.2) is 0 Å². The van der Waals surface area contributed by atoms with Crippen molar-refractivity contribution >= 4 is 23.2 Å². The molecule has 0 radical (unpaired) electrons. The van der Waals surface area contributed by atoms with Gasteiger partial charge in [-0.3, -0.25) is 9.59 Å². The quantitative estimate of drug-likeness (QED) is 0.531. The Kier molecular flexibility index (Phi) is 9.48. The summed E-state index contributed by atoms with van der Waals surface area (Å²) in [7, 11) is 0. The number of nitrogens with one attached hydrogen (secondary N) is 2. The maximum absolute atomic E-state index is 12.6. The molecule has 1 aliphatic rings. The number of anilines is 1. The minimum Gasteiger partial charge on any atom is -0.322 e. The smallest absolute Gasteiger partial charge is 0.271 e. The van der Waals surface area contributed by atoms with Gasteiger partial charge in [0.05, 0.1) is 0 Å². The Bertz CT molecular complexity index is 905. The highest BCUT2D eigenvalue weighted by Crippen LogP contribution is 2.16. The van der Waals surface area contributed by atoms with E-state index in [4.69, 9.17) is 0 Å². The molecule has 2 amide bonds. The van der Waals surface area contributed by atoms with Gasteiger partial charge in [-0.05, 0) is 68.5 Å². The number of hydrogen-bond donors (Lipinski definition) is 2. The third kappa shape index (κ3) is 7.63. The molecule has 0 aromatic heterocycles. The second kappa shape index (κ2) is 12.8. The summed E-state index contributed by atoms with van der Waals surface area (Å²) in [6.07, 6.45) is 13.3. The molecule has 1 saturated carbocycles. The first kappa shape index (κ1) is 23.7. The van der Waals surface area contributed by atoms with E-state index in [1.165, 1.54) is 44.9 Å². The molecule has 32 heavy (non-hydrogen) atoms. The number of hydrazone groups is 1. The normalized spacial score (nSPS) is 15.7. The molecule has 0 saturated heterocycles. The van der Waals surface area contributed by atoms with E-state index in [1.54, 1.807) is 30.3 Å². The molecule has 0 unspecified atom stereocenters. The maximum atomic E-state index is 12.6. The van der Waals surface area contributed by atoms with Crippen LogP contribution in [0.15, 0.2) is 53.6 Å². The van der Waals surface area contributed by atoms with Gasteiger partial charge in [-0.25, -0.2) is 5.43 Å². The van der Waals surface area contributed by atoms with Gasteiger partial charge >= 0.3 is 0 Å². The molecule has 5 nitrogen and oxygen atoms in total. The Morgan fingerprint density at radius 1 is 0.719 bits per heavy atom. The van der Waals surface area contributed by atoms with Crippen LogP contribution in [0.25, 0.3) is 0 Å². The van der Waals surface area contributed by atoms with Crippen LogP contribution in [-0.2, 0) is 0 Å². The maximum Gasteiger partial charge on any atom is 0.271 e. The second-order valence-electron chi connectivity index (χ2n) is 8.65. The number of hydrogen-bond acceptors (Lipinski definition) is 3. The summed E-state index contributed by atoms with van der Waals surface area (Å²) in [6, 6.07) is 14.4. The van der Waals surface area contributed by atoms with Crippen molar-refractivity contribution in [3.8, 4) is 0 Å². The van der Waals surface area contributed by atoms with Crippen molar-refractivity contribution in [1.82, 2.24) is 5.43 Å². The Morgan fingerprint density at radius 2 is 1.28 bits per heavy atom. The number of carbonyl (C=O) groups is 2. The average molecular weight is 434 g/mol. The van der Waals surface area contributed by atoms with Crippen molar-refractivity contribution in [2.24, 2.45) is 5.10 Å². The zero-order valence-electron chi connectivity index (χ0n) is 19.2. The Labute approximate surface area is 191 Å². The van der Waals surface area contributed by atoms with E-state index in [9.17, 15) is 9.59 Å². The summed E-state index contributed by atoms with van der Waals surface area (Å²) in [5.41, 5.74) is 6.58. The topological polar surface area (TPSA) is 70.6 Å². The van der Waals surface area contributed by atoms with Crippen molar-refractivity contribution in [1.29, 1.82) is 0 Å². The van der Waals surface area contributed by atoms with Crippen LogP contribution in [0.1, 0.15) is 96.9 Å². The van der Waals surface area contributed by atoms with E-state index < -0.39 is 0 Å². The molecular weight excluding hydrogens is 398 g/mol. The number of benzene rings is 2. The molecule has 2 aromatic carbocycles. The number of amides is 2. The molecule has 2 aromatic rings. The van der Waals surface area contributed by atoms with Gasteiger partial charge in [0.25, 0.3) is 11.8 Å². The van der Waals surface area contributed by atoms with E-state index in [-0.39, 0.29) is 11.8 Å². The number of carbonyl (C=O) groups excluding carboxylic acids is 2. The summed E-state index contributed by atoms with van der Waals surface area (Å²) < 4.78 is 0. The van der Waals surface area contributed by atoms with Gasteiger partial charge in [-0.1, -0.05) is 63.1 Å². The fourth-order valence-corrected chi connectivity index (χ4v) is 4.06. The predicted octanol–water partition coefficient (Wildman–Crippen LogP) is 6.64. The molecule has 3 rings (SSSR count). The minimum absolute atomic E-state index is 0.158. The van der Waals surface area contributed by atoms with Crippen molar-refractivity contribution in [3.05, 3.63) is 65.2 Å². The molecule has 1 fully saturated rings. The number of nitrogens with zero attached hydrogens (tertiary/aromatic N) is 1. The van der Waals surface area contributed by atoms with Crippen molar-refractivity contribution in [2.45, 2.75) is 77.6 Å². The molecular formula is C27H35N3O2. The highest BCUT2D eigenvalue weighted by atomic mass is 16.2. The molecule has 2 N–H and O–H groups in total. The van der Waals surface area contributed by atoms with E-state index in [0.29, 0.717) is 16.8 Å². The fourth-order valence-electron chi connectivity index (χ4n) is 4.06. The van der Waals surface area contributed by atoms with Crippen LogP contribution < -0.4 is 10.7 Å². The van der Waals surface area contributed by atoms with E-state index in [0.717, 1.165) is 37.0 Å². The largest absolute Gasteiger partial charge is 0.322 e. The highest BCUT2D eigenvalue weighted by molar-refractivity contribution is 6.05. The first-order valence-electron chi connectivity index (χ1n) is 12.0. The lowest BCUT2D eigenvalue weighted by molar-refractivity contribution is 0.0954. The highest BCUT2D eigenvalue weighted by Gasteiger charge is 2.10. The van der Waals surface area contributed by atoms with Gasteiger partial charge in [-0.2, -0.15) is 5.10 Å². The van der Waals surface area contributed by atoms with E-state index in [2.05, 4.69) is 15.8 Å². The van der Waals surface area contributed by atoms with Crippen LogP contribution in [0.2, 0.25) is 0 Å². The number of aryl methyl sites for hydroxylation is 1. The lowest BCUT2D eigenvalue weighted by Gasteiger charge is -2.10. The summed E-state index contributed by atoms with van der Waals surface area (Å²) in [4.78, 5) is 25.0. The molecule has 0 heterocycles. The molecule has 0 atom stereocenters. The third-order valence-corrected chi connectivity index (χ3v) is 6.04. The molecule has 1 aliphatic carbocycles. The van der Waals surface area contributed by atoms with Crippen molar-refractivity contribution < 1.29 is 9.59 Å². The zero-order valence-corrected chi connectivity index (χ0v) is 19.2.